The third kappa shape index (κ3) is 4.53. The molecule has 0 heterocycles. The van der Waals surface area contributed by atoms with E-state index in [2.05, 4.69) is 5.32 Å². The quantitative estimate of drug-likeness (QED) is 0.835. The monoisotopic (exact) mass is 276 g/mol. The molecule has 0 aliphatic heterocycles. The third-order valence-corrected chi connectivity index (χ3v) is 3.59. The van der Waals surface area contributed by atoms with Crippen LogP contribution in [0.1, 0.15) is 38.2 Å². The summed E-state index contributed by atoms with van der Waals surface area (Å²) in [6.45, 7) is 2.04. The molecule has 0 bridgehead atoms. The summed E-state index contributed by atoms with van der Waals surface area (Å²) in [6, 6.07) is 8.17. The van der Waals surface area contributed by atoms with Gasteiger partial charge in [-0.1, -0.05) is 31.0 Å². The average molecular weight is 276 g/mol. The Morgan fingerprint density at radius 2 is 2.10 bits per heavy atom. The summed E-state index contributed by atoms with van der Waals surface area (Å²) in [5, 5.41) is 3.02. The summed E-state index contributed by atoms with van der Waals surface area (Å²) in [4.78, 5) is 11.8. The summed E-state index contributed by atoms with van der Waals surface area (Å²) >= 11 is 0. The van der Waals surface area contributed by atoms with Crippen molar-refractivity contribution in [2.45, 2.75) is 51.1 Å². The van der Waals surface area contributed by atoms with Crippen LogP contribution in [0.4, 0.5) is 0 Å². The van der Waals surface area contributed by atoms with Gasteiger partial charge in [-0.25, -0.2) is 0 Å². The van der Waals surface area contributed by atoms with Crippen LogP contribution in [0.3, 0.4) is 0 Å². The average Bonchev–Trinajstić information content (AvgIpc) is 2.90. The van der Waals surface area contributed by atoms with E-state index < -0.39 is 0 Å². The van der Waals surface area contributed by atoms with E-state index in [1.54, 1.807) is 0 Å². The molecule has 0 spiro atoms. The van der Waals surface area contributed by atoms with Gasteiger partial charge in [0.05, 0.1) is 0 Å². The standard InChI is InChI=1S/C16H24N2O2/c1-12(17)10-13-6-2-5-9-15(13)20-11-16(19)18-14-7-3-4-8-14/h2,5-6,9,12,14H,3-4,7-8,10-11,17H2,1H3,(H,18,19). The van der Waals surface area contributed by atoms with Gasteiger partial charge in [-0.15, -0.1) is 0 Å². The highest BCUT2D eigenvalue weighted by atomic mass is 16.5. The first-order chi connectivity index (χ1) is 9.65. The van der Waals surface area contributed by atoms with E-state index in [9.17, 15) is 4.79 Å². The zero-order valence-electron chi connectivity index (χ0n) is 12.1. The number of amides is 1. The molecule has 1 aliphatic carbocycles. The number of hydrogen-bond acceptors (Lipinski definition) is 3. The van der Waals surface area contributed by atoms with Crippen LogP contribution in [0, 0.1) is 0 Å². The van der Waals surface area contributed by atoms with Gasteiger partial charge in [0.25, 0.3) is 5.91 Å². The summed E-state index contributed by atoms with van der Waals surface area (Å²) < 4.78 is 5.64. The molecule has 20 heavy (non-hydrogen) atoms. The van der Waals surface area contributed by atoms with Gasteiger partial charge in [0.2, 0.25) is 0 Å². The first-order valence-corrected chi connectivity index (χ1v) is 7.41. The lowest BCUT2D eigenvalue weighted by atomic mass is 10.1. The highest BCUT2D eigenvalue weighted by Gasteiger charge is 2.17. The van der Waals surface area contributed by atoms with Crippen LogP contribution in [-0.4, -0.2) is 24.6 Å². The Morgan fingerprint density at radius 3 is 2.80 bits per heavy atom. The fourth-order valence-corrected chi connectivity index (χ4v) is 2.64. The first-order valence-electron chi connectivity index (χ1n) is 7.41. The van der Waals surface area contributed by atoms with E-state index in [0.717, 1.165) is 30.6 Å². The topological polar surface area (TPSA) is 64.3 Å². The molecule has 1 amide bonds. The van der Waals surface area contributed by atoms with E-state index in [0.29, 0.717) is 6.04 Å². The van der Waals surface area contributed by atoms with Crippen molar-refractivity contribution in [3.8, 4) is 5.75 Å². The maximum atomic E-state index is 11.8. The van der Waals surface area contributed by atoms with Gasteiger partial charge in [0.15, 0.2) is 6.61 Å². The minimum Gasteiger partial charge on any atom is -0.483 e. The minimum atomic E-state index is -0.0347. The van der Waals surface area contributed by atoms with Crippen molar-refractivity contribution >= 4 is 5.91 Å². The van der Waals surface area contributed by atoms with E-state index in [1.165, 1.54) is 12.8 Å². The summed E-state index contributed by atoms with van der Waals surface area (Å²) in [7, 11) is 0. The van der Waals surface area contributed by atoms with E-state index in [-0.39, 0.29) is 18.6 Å². The predicted octanol–water partition coefficient (Wildman–Crippen LogP) is 2.01. The number of carbonyl (C=O) groups excluding carboxylic acids is 1. The number of carbonyl (C=O) groups is 1. The van der Waals surface area contributed by atoms with Crippen LogP contribution in [0.5, 0.6) is 5.75 Å². The Balaban J connectivity index is 1.84. The fraction of sp³-hybridized carbons (Fsp3) is 0.562. The van der Waals surface area contributed by atoms with Crippen LogP contribution in [0.25, 0.3) is 0 Å². The molecule has 1 fully saturated rings. The Morgan fingerprint density at radius 1 is 1.40 bits per heavy atom. The lowest BCUT2D eigenvalue weighted by Gasteiger charge is -2.15. The molecule has 1 saturated carbocycles. The van der Waals surface area contributed by atoms with Crippen molar-refractivity contribution in [3.05, 3.63) is 29.8 Å². The van der Waals surface area contributed by atoms with Crippen LogP contribution in [0.2, 0.25) is 0 Å². The molecule has 0 radical (unpaired) electrons. The number of nitrogens with two attached hydrogens (primary N) is 1. The van der Waals surface area contributed by atoms with Crippen LogP contribution in [0.15, 0.2) is 24.3 Å². The van der Waals surface area contributed by atoms with E-state index >= 15 is 0 Å². The Kier molecular flexibility index (Phi) is 5.41. The largest absolute Gasteiger partial charge is 0.483 e. The maximum absolute atomic E-state index is 11.8. The van der Waals surface area contributed by atoms with Crippen molar-refractivity contribution in [2.24, 2.45) is 5.73 Å². The Labute approximate surface area is 120 Å². The van der Waals surface area contributed by atoms with Crippen molar-refractivity contribution < 1.29 is 9.53 Å². The summed E-state index contributed by atoms with van der Waals surface area (Å²) in [5.74, 6) is 0.721. The van der Waals surface area contributed by atoms with Crippen LogP contribution >= 0.6 is 0 Å². The van der Waals surface area contributed by atoms with E-state index in [1.807, 2.05) is 31.2 Å². The second-order valence-electron chi connectivity index (χ2n) is 5.63. The first kappa shape index (κ1) is 14.9. The third-order valence-electron chi connectivity index (χ3n) is 3.59. The van der Waals surface area contributed by atoms with Crippen molar-refractivity contribution in [1.29, 1.82) is 0 Å². The summed E-state index contributed by atoms with van der Waals surface area (Å²) in [5.41, 5.74) is 6.88. The highest BCUT2D eigenvalue weighted by Crippen LogP contribution is 2.20. The number of para-hydroxylation sites is 1. The van der Waals surface area contributed by atoms with Gasteiger partial charge in [-0.05, 0) is 37.8 Å². The second-order valence-corrected chi connectivity index (χ2v) is 5.63. The number of rotatable bonds is 6. The van der Waals surface area contributed by atoms with Crippen molar-refractivity contribution in [1.82, 2.24) is 5.32 Å². The molecule has 0 aromatic heterocycles. The molecule has 1 aromatic carbocycles. The minimum absolute atomic E-state index is 0.0347. The molecule has 3 N–H and O–H groups in total. The van der Waals surface area contributed by atoms with Gasteiger partial charge in [0.1, 0.15) is 5.75 Å². The molecule has 2 rings (SSSR count). The smallest absolute Gasteiger partial charge is 0.258 e. The Bertz CT molecular complexity index is 440. The molecular weight excluding hydrogens is 252 g/mol. The van der Waals surface area contributed by atoms with Crippen molar-refractivity contribution in [3.63, 3.8) is 0 Å². The molecule has 1 atom stereocenters. The van der Waals surface area contributed by atoms with Gasteiger partial charge in [-0.3, -0.25) is 4.79 Å². The molecule has 4 heteroatoms. The molecule has 4 nitrogen and oxygen atoms in total. The molecule has 1 unspecified atom stereocenters. The lowest BCUT2D eigenvalue weighted by molar-refractivity contribution is -0.123. The normalized spacial score (nSPS) is 16.9. The molecule has 1 aliphatic rings. The molecule has 1 aromatic rings. The second kappa shape index (κ2) is 7.29. The lowest BCUT2D eigenvalue weighted by Crippen LogP contribution is -2.36. The fourth-order valence-electron chi connectivity index (χ4n) is 2.64. The van der Waals surface area contributed by atoms with Gasteiger partial charge < -0.3 is 15.8 Å². The molecule has 0 saturated heterocycles. The Hall–Kier alpha value is -1.55. The van der Waals surface area contributed by atoms with Gasteiger partial charge in [-0.2, -0.15) is 0 Å². The molecular formula is C16H24N2O2. The molecule has 110 valence electrons. The van der Waals surface area contributed by atoms with Gasteiger partial charge >= 0.3 is 0 Å². The zero-order chi connectivity index (χ0) is 14.4. The van der Waals surface area contributed by atoms with Crippen LogP contribution < -0.4 is 15.8 Å². The predicted molar refractivity (Wildman–Crippen MR) is 79.7 cm³/mol. The van der Waals surface area contributed by atoms with Crippen LogP contribution in [-0.2, 0) is 11.2 Å². The highest BCUT2D eigenvalue weighted by molar-refractivity contribution is 5.77. The summed E-state index contributed by atoms with van der Waals surface area (Å²) in [6.07, 6.45) is 5.35. The SMILES string of the molecule is CC(N)Cc1ccccc1OCC(=O)NC1CCCC1. The maximum Gasteiger partial charge on any atom is 0.258 e. The number of benzene rings is 1. The van der Waals surface area contributed by atoms with E-state index in [4.69, 9.17) is 10.5 Å². The van der Waals surface area contributed by atoms with Crippen molar-refractivity contribution in [2.75, 3.05) is 6.61 Å². The van der Waals surface area contributed by atoms with Gasteiger partial charge in [0, 0.05) is 12.1 Å². The zero-order valence-corrected chi connectivity index (χ0v) is 12.1. The number of nitrogens with one attached hydrogen (secondary N) is 1. The number of ether oxygens (including phenoxy) is 1. The number of hydrogen-bond donors (Lipinski definition) is 2.